The summed E-state index contributed by atoms with van der Waals surface area (Å²) in [5, 5.41) is 22.0. The van der Waals surface area contributed by atoms with Gasteiger partial charge in [-0.15, -0.1) is 0 Å². The van der Waals surface area contributed by atoms with Crippen LogP contribution >= 0.6 is 19.8 Å². The zero-order valence-electron chi connectivity index (χ0n) is 23.0. The molecule has 208 valence electrons. The van der Waals surface area contributed by atoms with E-state index in [1.54, 1.807) is 18.2 Å². The van der Waals surface area contributed by atoms with Gasteiger partial charge in [-0.1, -0.05) is 25.1 Å². The first-order chi connectivity index (χ1) is 18.7. The van der Waals surface area contributed by atoms with Gasteiger partial charge < -0.3 is 24.2 Å². The first-order valence-corrected chi connectivity index (χ1v) is 14.5. The molecule has 11 nitrogen and oxygen atoms in total. The molecule has 1 aromatic heterocycles. The van der Waals surface area contributed by atoms with Gasteiger partial charge in [-0.25, -0.2) is 4.57 Å². The van der Waals surface area contributed by atoms with E-state index in [2.05, 4.69) is 4.98 Å². The standard InChI is InChI=1S/C25H33N2O9PS/c1-16(22(30)34-17-8-6-7-9-17)15-37(32,36-18-10-4-3-5-11-18)33-14-19-21(29)25(2,31)23(35-19)27-13-12-20(28)26-24(27)38/h3-5,10-13,16-17,19,21,23,29,31H,6-9,14-15H2,1-2H3,(H,26,28,38)/t16-,19-,21+,23-,25?,37+/m1/s1/i14D2. The summed E-state index contributed by atoms with van der Waals surface area (Å²) in [4.78, 5) is 26.7. The van der Waals surface area contributed by atoms with Crippen molar-refractivity contribution in [1.29, 1.82) is 0 Å². The lowest BCUT2D eigenvalue weighted by atomic mass is 9.96. The van der Waals surface area contributed by atoms with E-state index in [-0.39, 0.29) is 16.6 Å². The molecule has 0 spiro atoms. The van der Waals surface area contributed by atoms with E-state index in [0.717, 1.165) is 36.3 Å². The summed E-state index contributed by atoms with van der Waals surface area (Å²) in [7, 11) is -4.47. The molecule has 3 N–H and O–H groups in total. The van der Waals surface area contributed by atoms with Crippen molar-refractivity contribution in [2.45, 2.75) is 69.7 Å². The molecule has 1 aromatic carbocycles. The fraction of sp³-hybridized carbons (Fsp3) is 0.560. The molecule has 0 bridgehead atoms. The number of benzene rings is 1. The van der Waals surface area contributed by atoms with Crippen LogP contribution in [-0.2, 0) is 23.4 Å². The number of para-hydroxylation sites is 1. The number of H-pyrrole nitrogens is 1. The molecule has 1 saturated carbocycles. The van der Waals surface area contributed by atoms with Crippen molar-refractivity contribution in [2.75, 3.05) is 12.7 Å². The highest BCUT2D eigenvalue weighted by Gasteiger charge is 2.53. The summed E-state index contributed by atoms with van der Waals surface area (Å²) in [6, 6.07) is 9.04. The van der Waals surface area contributed by atoms with E-state index in [1.807, 2.05) is 0 Å². The number of rotatable bonds is 10. The van der Waals surface area contributed by atoms with Crippen molar-refractivity contribution in [3.05, 3.63) is 57.7 Å². The lowest BCUT2D eigenvalue weighted by Gasteiger charge is -2.28. The number of nitrogens with zero attached hydrogens (tertiary/aromatic N) is 1. The zero-order valence-corrected chi connectivity index (χ0v) is 22.7. The lowest BCUT2D eigenvalue weighted by molar-refractivity contribution is -0.152. The number of hydrogen-bond acceptors (Lipinski definition) is 10. The number of carbonyl (C=O) groups excluding carboxylic acids is 1. The third-order valence-electron chi connectivity index (χ3n) is 6.55. The van der Waals surface area contributed by atoms with Crippen LogP contribution in [-0.4, -0.2) is 62.4 Å². The number of ether oxygens (including phenoxy) is 2. The van der Waals surface area contributed by atoms with Gasteiger partial charge >= 0.3 is 13.6 Å². The Morgan fingerprint density at radius 3 is 2.68 bits per heavy atom. The van der Waals surface area contributed by atoms with Crippen LogP contribution in [0.2, 0.25) is 0 Å². The molecule has 0 radical (unpaired) electrons. The van der Waals surface area contributed by atoms with Gasteiger partial charge in [0.05, 0.1) is 21.4 Å². The molecule has 2 aromatic rings. The van der Waals surface area contributed by atoms with Gasteiger partial charge in [0.25, 0.3) is 5.56 Å². The van der Waals surface area contributed by atoms with Crippen LogP contribution < -0.4 is 10.1 Å². The Balaban J connectivity index is 1.59. The highest BCUT2D eigenvalue weighted by Crippen LogP contribution is 2.51. The smallest absolute Gasteiger partial charge is 0.380 e. The third-order valence-corrected chi connectivity index (χ3v) is 8.73. The van der Waals surface area contributed by atoms with Gasteiger partial charge in [-0.3, -0.25) is 23.7 Å². The predicted molar refractivity (Wildman–Crippen MR) is 139 cm³/mol. The summed E-state index contributed by atoms with van der Waals surface area (Å²) in [6.07, 6.45) is -1.35. The van der Waals surface area contributed by atoms with Crippen LogP contribution in [0.15, 0.2) is 47.4 Å². The number of nitrogens with one attached hydrogen (secondary N) is 1. The van der Waals surface area contributed by atoms with Gasteiger partial charge in [0, 0.05) is 12.3 Å². The molecule has 2 heterocycles. The van der Waals surface area contributed by atoms with Crippen LogP contribution in [0.1, 0.15) is 48.5 Å². The number of aliphatic hydroxyl groups excluding tert-OH is 1. The summed E-state index contributed by atoms with van der Waals surface area (Å²) in [5.41, 5.74) is -2.62. The molecule has 1 saturated heterocycles. The van der Waals surface area contributed by atoms with E-state index in [9.17, 15) is 24.4 Å². The largest absolute Gasteiger partial charge is 0.462 e. The second-order valence-corrected chi connectivity index (χ2v) is 12.1. The third kappa shape index (κ3) is 6.62. The Morgan fingerprint density at radius 1 is 1.34 bits per heavy atom. The van der Waals surface area contributed by atoms with Gasteiger partial charge in [0.1, 0.15) is 29.7 Å². The summed E-state index contributed by atoms with van der Waals surface area (Å²) >= 11 is 5.13. The first-order valence-electron chi connectivity index (χ1n) is 13.3. The SMILES string of the molecule is [2H]C([2H])(O[P@@](=O)(C[C@@H](C)C(=O)OC1CCCC1)Oc1ccccc1)[C@H]1O[C@@H](n2ccc(=O)[nH]c2=S)C(C)(O)[C@H]1O. The Hall–Kier alpha value is -2.34. The monoisotopic (exact) mass is 570 g/mol. The van der Waals surface area contributed by atoms with E-state index in [0.29, 0.717) is 0 Å². The van der Waals surface area contributed by atoms with Crippen LogP contribution in [0.5, 0.6) is 5.75 Å². The maximum Gasteiger partial charge on any atom is 0.380 e. The molecule has 13 heteroatoms. The van der Waals surface area contributed by atoms with Gasteiger partial charge in [-0.05, 0) is 57.0 Å². The molecule has 1 aliphatic heterocycles. The van der Waals surface area contributed by atoms with Crippen LogP contribution in [0.4, 0.5) is 0 Å². The number of esters is 1. The topological polar surface area (TPSA) is 149 Å². The summed E-state index contributed by atoms with van der Waals surface area (Å²) < 4.78 is 54.6. The zero-order chi connectivity index (χ0) is 29.3. The van der Waals surface area contributed by atoms with Crippen LogP contribution in [0, 0.1) is 10.7 Å². The van der Waals surface area contributed by atoms with Crippen molar-refractivity contribution in [1.82, 2.24) is 9.55 Å². The Morgan fingerprint density at radius 2 is 2.03 bits per heavy atom. The minimum Gasteiger partial charge on any atom is -0.462 e. The number of aromatic amines is 1. The predicted octanol–water partition coefficient (Wildman–Crippen LogP) is 3.33. The highest BCUT2D eigenvalue weighted by molar-refractivity contribution is 7.71. The molecule has 4 rings (SSSR count). The van der Waals surface area contributed by atoms with Gasteiger partial charge in [-0.2, -0.15) is 0 Å². The Labute approximate surface area is 228 Å². The van der Waals surface area contributed by atoms with E-state index in [4.69, 9.17) is 33.5 Å². The molecule has 1 aliphatic carbocycles. The second-order valence-electron chi connectivity index (χ2n) is 9.75. The average Bonchev–Trinajstić information content (AvgIpc) is 3.45. The molecular formula is C25H33N2O9PS. The summed E-state index contributed by atoms with van der Waals surface area (Å²) in [6.45, 7) is -0.314. The maximum atomic E-state index is 14.1. The second kappa shape index (κ2) is 11.8. The number of aliphatic hydroxyl groups is 2. The number of hydrogen-bond donors (Lipinski definition) is 3. The van der Waals surface area contributed by atoms with Gasteiger partial charge in [0.2, 0.25) is 0 Å². The first kappa shape index (κ1) is 25.9. The molecular weight excluding hydrogens is 535 g/mol. The Bertz CT molecular complexity index is 1360. The lowest BCUT2D eigenvalue weighted by Crippen LogP contribution is -2.44. The fourth-order valence-electron chi connectivity index (χ4n) is 4.42. The highest BCUT2D eigenvalue weighted by atomic mass is 32.1. The van der Waals surface area contributed by atoms with E-state index >= 15 is 0 Å². The van der Waals surface area contributed by atoms with E-state index in [1.165, 1.54) is 32.2 Å². The fourth-order valence-corrected chi connectivity index (χ4v) is 6.39. The molecule has 2 aliphatic rings. The van der Waals surface area contributed by atoms with Crippen LogP contribution in [0.25, 0.3) is 0 Å². The molecule has 2 fully saturated rings. The minimum absolute atomic E-state index is 0.107. The minimum atomic E-state index is -4.47. The normalized spacial score (nSPS) is 29.2. The molecule has 0 amide bonds. The van der Waals surface area contributed by atoms with Crippen molar-refractivity contribution in [3.8, 4) is 5.75 Å². The molecule has 6 atom stereocenters. The van der Waals surface area contributed by atoms with Crippen molar-refractivity contribution >= 4 is 25.8 Å². The van der Waals surface area contributed by atoms with Crippen molar-refractivity contribution in [3.63, 3.8) is 0 Å². The van der Waals surface area contributed by atoms with Crippen LogP contribution in [0.3, 0.4) is 0 Å². The van der Waals surface area contributed by atoms with Crippen molar-refractivity contribution < 1.29 is 40.8 Å². The molecule has 38 heavy (non-hydrogen) atoms. The van der Waals surface area contributed by atoms with E-state index < -0.39 is 61.8 Å². The van der Waals surface area contributed by atoms with Gasteiger partial charge in [0.15, 0.2) is 11.0 Å². The van der Waals surface area contributed by atoms with Crippen molar-refractivity contribution in [2.24, 2.45) is 5.92 Å². The average molecular weight is 571 g/mol. The Kier molecular flexibility index (Phi) is 8.05. The quantitative estimate of drug-likeness (QED) is 0.221. The molecule has 1 unspecified atom stereocenters. The number of carbonyl (C=O) groups is 1. The number of aromatic nitrogens is 2. The summed E-state index contributed by atoms with van der Waals surface area (Å²) in [5.74, 6) is -1.48. The maximum absolute atomic E-state index is 14.1.